The van der Waals surface area contributed by atoms with Crippen molar-refractivity contribution in [2.75, 3.05) is 20.6 Å². The summed E-state index contributed by atoms with van der Waals surface area (Å²) >= 11 is 0. The summed E-state index contributed by atoms with van der Waals surface area (Å²) in [6.45, 7) is 6.29. The summed E-state index contributed by atoms with van der Waals surface area (Å²) in [7, 11) is 4.14. The van der Waals surface area contributed by atoms with E-state index in [1.54, 1.807) is 29.7 Å². The summed E-state index contributed by atoms with van der Waals surface area (Å²) in [5.41, 5.74) is 2.37. The lowest BCUT2D eigenvalue weighted by Crippen LogP contribution is -2.53. The predicted molar refractivity (Wildman–Crippen MR) is 131 cm³/mol. The largest absolute Gasteiger partial charge is 0.461 e. The maximum Gasteiger partial charge on any atom is 0.298 e. The molecule has 8 unspecified atom stereocenters. The fourth-order valence-electron chi connectivity index (χ4n) is 9.61. The number of amides is 1. The second kappa shape index (κ2) is 7.81. The van der Waals surface area contributed by atoms with Crippen LogP contribution in [0.2, 0.25) is 0 Å². The van der Waals surface area contributed by atoms with Gasteiger partial charge in [0.15, 0.2) is 5.76 Å². The molecule has 2 heterocycles. The molecule has 1 aliphatic heterocycles. The summed E-state index contributed by atoms with van der Waals surface area (Å²) in [5, 5.41) is 0. The lowest BCUT2D eigenvalue weighted by molar-refractivity contribution is -0.128. The first kappa shape index (κ1) is 22.6. The molecule has 34 heavy (non-hydrogen) atoms. The zero-order valence-corrected chi connectivity index (χ0v) is 21.3. The Labute approximate surface area is 203 Å². The highest BCUT2D eigenvalue weighted by Gasteiger charge is 2.64. The van der Waals surface area contributed by atoms with E-state index in [0.717, 1.165) is 49.0 Å². The molecule has 1 aromatic heterocycles. The van der Waals surface area contributed by atoms with E-state index in [2.05, 4.69) is 31.9 Å². The molecule has 3 saturated carbocycles. The Balaban J connectivity index is 1.20. The van der Waals surface area contributed by atoms with Crippen LogP contribution in [0.3, 0.4) is 0 Å². The molecule has 4 aliphatic carbocycles. The average Bonchev–Trinajstić information content (AvgIpc) is 3.54. The molecule has 8 atom stereocenters. The highest BCUT2D eigenvalue weighted by Crippen LogP contribution is 2.68. The van der Waals surface area contributed by atoms with Gasteiger partial charge in [-0.05, 0) is 112 Å². The van der Waals surface area contributed by atoms with E-state index in [4.69, 9.17) is 4.42 Å². The molecule has 5 heteroatoms. The number of nitrogens with zero attached hydrogens (tertiary/aromatic N) is 2. The van der Waals surface area contributed by atoms with Crippen molar-refractivity contribution < 1.29 is 14.0 Å². The monoisotopic (exact) mass is 464 g/mol. The number of ketones is 1. The summed E-state index contributed by atoms with van der Waals surface area (Å²) in [6, 6.07) is 4.06. The molecule has 1 spiro atoms. The number of likely N-dealkylation sites (tertiary alicyclic amines) is 1. The Morgan fingerprint density at radius 3 is 2.68 bits per heavy atom. The number of furan rings is 1. The molecule has 184 valence electrons. The second-order valence-corrected chi connectivity index (χ2v) is 12.5. The molecule has 0 bridgehead atoms. The summed E-state index contributed by atoms with van der Waals surface area (Å²) in [6.07, 6.45) is 13.8. The number of likely N-dealkylation sites (N-methyl/N-ethyl adjacent to an activating group) is 1. The minimum Gasteiger partial charge on any atom is -0.461 e. The van der Waals surface area contributed by atoms with E-state index in [-0.39, 0.29) is 17.2 Å². The first-order valence-electron chi connectivity index (χ1n) is 13.5. The van der Waals surface area contributed by atoms with Crippen LogP contribution in [0, 0.1) is 34.5 Å². The molecule has 0 aromatic carbocycles. The normalized spacial score (nSPS) is 43.4. The van der Waals surface area contributed by atoms with Crippen LogP contribution < -0.4 is 0 Å². The van der Waals surface area contributed by atoms with Crippen LogP contribution in [0.5, 0.6) is 0 Å². The van der Waals surface area contributed by atoms with Crippen molar-refractivity contribution in [2.45, 2.75) is 77.3 Å². The van der Waals surface area contributed by atoms with E-state index in [1.165, 1.54) is 44.9 Å². The first-order chi connectivity index (χ1) is 16.3. The number of hydrogen-bond donors (Lipinski definition) is 0. The number of Topliss-reactive ketones (excluding diaryl/α,β-unsaturated/α-hetero) is 1. The number of carbonyl (C=O) groups excluding carboxylic acids is 2. The minimum absolute atomic E-state index is 0.0948. The Kier molecular flexibility index (Phi) is 5.19. The van der Waals surface area contributed by atoms with Gasteiger partial charge in [-0.2, -0.15) is 0 Å². The summed E-state index contributed by atoms with van der Waals surface area (Å²) in [4.78, 5) is 29.8. The van der Waals surface area contributed by atoms with Gasteiger partial charge in [0.2, 0.25) is 0 Å². The maximum atomic E-state index is 12.9. The quantitative estimate of drug-likeness (QED) is 0.351. The van der Waals surface area contributed by atoms with Crippen molar-refractivity contribution >= 4 is 11.7 Å². The van der Waals surface area contributed by atoms with Gasteiger partial charge in [0.1, 0.15) is 0 Å². The van der Waals surface area contributed by atoms with Gasteiger partial charge in [-0.25, -0.2) is 0 Å². The van der Waals surface area contributed by atoms with Crippen molar-refractivity contribution in [3.63, 3.8) is 0 Å². The van der Waals surface area contributed by atoms with Crippen LogP contribution in [-0.4, -0.2) is 54.2 Å². The van der Waals surface area contributed by atoms with Crippen LogP contribution in [0.15, 0.2) is 34.5 Å². The van der Waals surface area contributed by atoms with E-state index in [1.807, 2.05) is 0 Å². The topological polar surface area (TPSA) is 53.8 Å². The zero-order valence-electron chi connectivity index (χ0n) is 21.3. The molecule has 1 aromatic rings. The SMILES string of the molecule is CC1C2CCC3C4CC=C5CC(N(C)C(=O)C(=O)c6ccco6)CCC5(C)C4CCC32CN1C. The predicted octanol–water partition coefficient (Wildman–Crippen LogP) is 5.18. The summed E-state index contributed by atoms with van der Waals surface area (Å²) in [5.74, 6) is 2.51. The van der Waals surface area contributed by atoms with Gasteiger partial charge in [-0.1, -0.05) is 18.6 Å². The van der Waals surface area contributed by atoms with Crippen molar-refractivity contribution in [1.82, 2.24) is 9.80 Å². The molecule has 1 saturated heterocycles. The molecule has 4 fully saturated rings. The van der Waals surface area contributed by atoms with Crippen LogP contribution in [0.1, 0.15) is 75.8 Å². The van der Waals surface area contributed by atoms with Gasteiger partial charge >= 0.3 is 0 Å². The van der Waals surface area contributed by atoms with Crippen LogP contribution in [-0.2, 0) is 4.79 Å². The molecular formula is C29H40N2O3. The van der Waals surface area contributed by atoms with Crippen molar-refractivity contribution in [3.05, 3.63) is 35.8 Å². The highest BCUT2D eigenvalue weighted by molar-refractivity contribution is 6.41. The van der Waals surface area contributed by atoms with Crippen LogP contribution in [0.25, 0.3) is 0 Å². The number of hydrogen-bond acceptors (Lipinski definition) is 4. The number of allylic oxidation sites excluding steroid dienone is 1. The van der Waals surface area contributed by atoms with Crippen LogP contribution >= 0.6 is 0 Å². The molecule has 0 radical (unpaired) electrons. The summed E-state index contributed by atoms with van der Waals surface area (Å²) < 4.78 is 5.18. The van der Waals surface area contributed by atoms with Gasteiger partial charge in [0, 0.05) is 25.7 Å². The molecule has 5 aliphatic rings. The molecular weight excluding hydrogens is 424 g/mol. The number of fused-ring (bicyclic) bond motifs is 4. The van der Waals surface area contributed by atoms with E-state index in [9.17, 15) is 9.59 Å². The number of rotatable bonds is 3. The van der Waals surface area contributed by atoms with Gasteiger partial charge in [0.25, 0.3) is 11.7 Å². The number of carbonyl (C=O) groups is 2. The van der Waals surface area contributed by atoms with Gasteiger partial charge < -0.3 is 14.2 Å². The zero-order chi connectivity index (χ0) is 23.8. The average molecular weight is 465 g/mol. The van der Waals surface area contributed by atoms with E-state index < -0.39 is 11.7 Å². The van der Waals surface area contributed by atoms with E-state index >= 15 is 0 Å². The molecule has 0 N–H and O–H groups in total. The standard InChI is InChI=1S/C29H40N2O3/c1-18-22-9-10-24-21-8-7-19-16-20(31(4)27(33)26(32)25-6-5-15-34-25)11-13-28(19,2)23(21)12-14-29(22,24)17-30(18)3/h5-7,15,18,20-24H,8-14,16-17H2,1-4H3. The van der Waals surface area contributed by atoms with Crippen LogP contribution in [0.4, 0.5) is 0 Å². The fourth-order valence-corrected chi connectivity index (χ4v) is 9.61. The Morgan fingerprint density at radius 2 is 1.91 bits per heavy atom. The Bertz CT molecular complexity index is 1010. The van der Waals surface area contributed by atoms with Gasteiger partial charge in [-0.15, -0.1) is 0 Å². The molecule has 5 nitrogen and oxygen atoms in total. The van der Waals surface area contributed by atoms with Crippen molar-refractivity contribution in [1.29, 1.82) is 0 Å². The molecule has 1 amide bonds. The Hall–Kier alpha value is -1.88. The third-order valence-electron chi connectivity index (χ3n) is 11.5. The third-order valence-corrected chi connectivity index (χ3v) is 11.5. The van der Waals surface area contributed by atoms with Crippen molar-refractivity contribution in [3.8, 4) is 0 Å². The van der Waals surface area contributed by atoms with Crippen molar-refractivity contribution in [2.24, 2.45) is 34.5 Å². The Morgan fingerprint density at radius 1 is 1.12 bits per heavy atom. The van der Waals surface area contributed by atoms with E-state index in [0.29, 0.717) is 5.41 Å². The van der Waals surface area contributed by atoms with Gasteiger partial charge in [0.05, 0.1) is 6.26 Å². The van der Waals surface area contributed by atoms with Gasteiger partial charge in [-0.3, -0.25) is 9.59 Å². The lowest BCUT2D eigenvalue weighted by Gasteiger charge is -2.58. The smallest absolute Gasteiger partial charge is 0.298 e. The lowest BCUT2D eigenvalue weighted by atomic mass is 9.47. The molecule has 6 rings (SSSR count). The minimum atomic E-state index is -0.539. The third kappa shape index (κ3) is 3.01. The highest BCUT2D eigenvalue weighted by atomic mass is 16.3. The fraction of sp³-hybridized carbons (Fsp3) is 0.724. The first-order valence-corrected chi connectivity index (χ1v) is 13.5. The second-order valence-electron chi connectivity index (χ2n) is 12.5. The maximum absolute atomic E-state index is 12.9.